The molecule has 0 aliphatic carbocycles. The Morgan fingerprint density at radius 2 is 2.00 bits per heavy atom. The molecule has 18 heavy (non-hydrogen) atoms. The first kappa shape index (κ1) is 15.4. The molecule has 0 aliphatic heterocycles. The van der Waals surface area contributed by atoms with Crippen molar-refractivity contribution in [2.75, 3.05) is 13.2 Å². The molecule has 0 aliphatic rings. The molecule has 0 radical (unpaired) electrons. The van der Waals surface area contributed by atoms with Gasteiger partial charge < -0.3 is 5.11 Å². The molecule has 1 rings (SSSR count). The fourth-order valence-electron chi connectivity index (χ4n) is 1.30. The van der Waals surface area contributed by atoms with Crippen LogP contribution in [0.4, 0.5) is 0 Å². The van der Waals surface area contributed by atoms with E-state index >= 15 is 0 Å². The summed E-state index contributed by atoms with van der Waals surface area (Å²) in [4.78, 5) is 0.170. The number of benzene rings is 1. The average molecular weight is 292 g/mol. The monoisotopic (exact) mass is 291 g/mol. The van der Waals surface area contributed by atoms with Crippen LogP contribution >= 0.6 is 11.6 Å². The zero-order valence-electron chi connectivity index (χ0n) is 10.7. The van der Waals surface area contributed by atoms with Crippen LogP contribution < -0.4 is 4.72 Å². The maximum absolute atomic E-state index is 12.1. The van der Waals surface area contributed by atoms with Crippen LogP contribution in [0.25, 0.3) is 0 Å². The second-order valence-electron chi connectivity index (χ2n) is 5.01. The molecule has 0 unspecified atom stereocenters. The van der Waals surface area contributed by atoms with Gasteiger partial charge in [-0.2, -0.15) is 0 Å². The molecule has 0 bridgehead atoms. The van der Waals surface area contributed by atoms with Crippen LogP contribution in [0.5, 0.6) is 0 Å². The summed E-state index contributed by atoms with van der Waals surface area (Å²) in [5.74, 6) is 0. The number of sulfonamides is 1. The molecule has 6 heteroatoms. The molecule has 0 saturated carbocycles. The first-order chi connectivity index (χ1) is 8.19. The first-order valence-electron chi connectivity index (χ1n) is 5.55. The minimum absolute atomic E-state index is 0.0932. The molecule has 0 heterocycles. The van der Waals surface area contributed by atoms with Gasteiger partial charge in [0.15, 0.2) is 0 Å². The van der Waals surface area contributed by atoms with E-state index in [1.165, 1.54) is 6.07 Å². The normalized spacial score (nSPS) is 12.7. The van der Waals surface area contributed by atoms with Crippen molar-refractivity contribution in [3.63, 3.8) is 0 Å². The predicted octanol–water partition coefficient (Wildman–Crippen LogP) is 1.95. The third kappa shape index (κ3) is 3.68. The first-order valence-corrected chi connectivity index (χ1v) is 7.41. The minimum Gasteiger partial charge on any atom is -0.396 e. The molecular formula is C12H18ClNO3S. The zero-order valence-corrected chi connectivity index (χ0v) is 12.3. The Bertz CT molecular complexity index is 526. The van der Waals surface area contributed by atoms with E-state index in [1.807, 2.05) is 0 Å². The van der Waals surface area contributed by atoms with Gasteiger partial charge in [0.2, 0.25) is 10.0 Å². The van der Waals surface area contributed by atoms with Gasteiger partial charge in [-0.3, -0.25) is 0 Å². The molecule has 0 amide bonds. The number of hydrogen-bond donors (Lipinski definition) is 2. The van der Waals surface area contributed by atoms with Crippen LogP contribution in [0.3, 0.4) is 0 Å². The molecule has 0 aromatic heterocycles. The van der Waals surface area contributed by atoms with E-state index in [-0.39, 0.29) is 18.0 Å². The quantitative estimate of drug-likeness (QED) is 0.871. The van der Waals surface area contributed by atoms with Gasteiger partial charge in [0.05, 0.1) is 4.90 Å². The Hall–Kier alpha value is -0.620. The van der Waals surface area contributed by atoms with Crippen LogP contribution in [-0.2, 0) is 10.0 Å². The molecule has 1 aromatic carbocycles. The summed E-state index contributed by atoms with van der Waals surface area (Å²) in [7, 11) is -3.60. The van der Waals surface area contributed by atoms with Crippen molar-refractivity contribution in [2.45, 2.75) is 25.7 Å². The summed E-state index contributed by atoms with van der Waals surface area (Å²) in [6, 6.07) is 4.75. The second-order valence-corrected chi connectivity index (χ2v) is 7.15. The van der Waals surface area contributed by atoms with E-state index in [0.717, 1.165) is 0 Å². The summed E-state index contributed by atoms with van der Waals surface area (Å²) in [5.41, 5.74) is 0.0213. The van der Waals surface area contributed by atoms with Gasteiger partial charge in [0, 0.05) is 23.6 Å². The van der Waals surface area contributed by atoms with Crippen molar-refractivity contribution in [3.8, 4) is 0 Å². The van der Waals surface area contributed by atoms with E-state index in [4.69, 9.17) is 16.7 Å². The number of rotatable bonds is 5. The smallest absolute Gasteiger partial charge is 0.240 e. The van der Waals surface area contributed by atoms with Crippen molar-refractivity contribution >= 4 is 21.6 Å². The molecule has 1 aromatic rings. The van der Waals surface area contributed by atoms with Crippen molar-refractivity contribution in [3.05, 3.63) is 28.8 Å². The average Bonchev–Trinajstić information content (AvgIpc) is 2.30. The van der Waals surface area contributed by atoms with E-state index in [1.54, 1.807) is 32.9 Å². The molecule has 0 saturated heterocycles. The Kier molecular flexibility index (Phi) is 4.78. The van der Waals surface area contributed by atoms with E-state index < -0.39 is 15.4 Å². The lowest BCUT2D eigenvalue weighted by molar-refractivity contribution is 0.163. The van der Waals surface area contributed by atoms with Crippen molar-refractivity contribution in [2.24, 2.45) is 5.41 Å². The summed E-state index contributed by atoms with van der Waals surface area (Å²) < 4.78 is 26.7. The maximum atomic E-state index is 12.1. The molecular weight excluding hydrogens is 274 g/mol. The van der Waals surface area contributed by atoms with Gasteiger partial charge in [-0.15, -0.1) is 0 Å². The molecule has 102 valence electrons. The number of aliphatic hydroxyl groups is 1. The Balaban J connectivity index is 2.98. The summed E-state index contributed by atoms with van der Waals surface area (Å²) >= 11 is 5.91. The predicted molar refractivity (Wildman–Crippen MR) is 72.2 cm³/mol. The van der Waals surface area contributed by atoms with Crippen LogP contribution in [-0.4, -0.2) is 26.7 Å². The lowest BCUT2D eigenvalue weighted by Crippen LogP contribution is -2.36. The second kappa shape index (κ2) is 5.57. The standard InChI is InChI=1S/C12H18ClNO3S/c1-9-10(13)5-4-6-11(9)18(16,17)14-7-12(2,3)8-15/h4-6,14-15H,7-8H2,1-3H3. The lowest BCUT2D eigenvalue weighted by Gasteiger charge is -2.22. The van der Waals surface area contributed by atoms with Gasteiger partial charge in [-0.25, -0.2) is 13.1 Å². The number of halogens is 1. The van der Waals surface area contributed by atoms with Gasteiger partial charge in [-0.05, 0) is 24.6 Å². The Labute approximate surface area is 113 Å². The van der Waals surface area contributed by atoms with E-state index in [9.17, 15) is 8.42 Å². The summed E-state index contributed by atoms with van der Waals surface area (Å²) in [6.07, 6.45) is 0. The van der Waals surface area contributed by atoms with Gasteiger partial charge in [0.1, 0.15) is 0 Å². The number of aliphatic hydroxyl groups excluding tert-OH is 1. The molecule has 4 nitrogen and oxygen atoms in total. The summed E-state index contributed by atoms with van der Waals surface area (Å²) in [6.45, 7) is 5.29. The van der Waals surface area contributed by atoms with Gasteiger partial charge >= 0.3 is 0 Å². The summed E-state index contributed by atoms with van der Waals surface area (Å²) in [5, 5.41) is 9.52. The minimum atomic E-state index is -3.60. The SMILES string of the molecule is Cc1c(Cl)cccc1S(=O)(=O)NCC(C)(C)CO. The highest BCUT2D eigenvalue weighted by Crippen LogP contribution is 2.23. The Morgan fingerprint density at radius 1 is 1.39 bits per heavy atom. The van der Waals surface area contributed by atoms with Crippen LogP contribution in [0, 0.1) is 12.3 Å². The maximum Gasteiger partial charge on any atom is 0.240 e. The van der Waals surface area contributed by atoms with Crippen LogP contribution in [0.15, 0.2) is 23.1 Å². The highest BCUT2D eigenvalue weighted by atomic mass is 35.5. The van der Waals surface area contributed by atoms with Gasteiger partial charge in [-0.1, -0.05) is 31.5 Å². The third-order valence-corrected chi connectivity index (χ3v) is 4.63. The molecule has 0 spiro atoms. The zero-order chi connectivity index (χ0) is 14.0. The topological polar surface area (TPSA) is 66.4 Å². The molecule has 2 N–H and O–H groups in total. The van der Waals surface area contributed by atoms with Crippen molar-refractivity contribution < 1.29 is 13.5 Å². The number of hydrogen-bond acceptors (Lipinski definition) is 3. The highest BCUT2D eigenvalue weighted by molar-refractivity contribution is 7.89. The fourth-order valence-corrected chi connectivity index (χ4v) is 3.04. The fraction of sp³-hybridized carbons (Fsp3) is 0.500. The number of nitrogens with one attached hydrogen (secondary N) is 1. The van der Waals surface area contributed by atoms with Crippen LogP contribution in [0.1, 0.15) is 19.4 Å². The highest BCUT2D eigenvalue weighted by Gasteiger charge is 2.23. The molecule has 0 atom stereocenters. The van der Waals surface area contributed by atoms with Crippen LogP contribution in [0.2, 0.25) is 5.02 Å². The largest absolute Gasteiger partial charge is 0.396 e. The van der Waals surface area contributed by atoms with E-state index in [0.29, 0.717) is 10.6 Å². The lowest BCUT2D eigenvalue weighted by atomic mass is 9.96. The Morgan fingerprint density at radius 3 is 2.56 bits per heavy atom. The van der Waals surface area contributed by atoms with Crippen molar-refractivity contribution in [1.29, 1.82) is 0 Å². The third-order valence-electron chi connectivity index (χ3n) is 2.68. The molecule has 0 fully saturated rings. The van der Waals surface area contributed by atoms with Crippen molar-refractivity contribution in [1.82, 2.24) is 4.72 Å². The van der Waals surface area contributed by atoms with Gasteiger partial charge in [0.25, 0.3) is 0 Å². The van der Waals surface area contributed by atoms with E-state index in [2.05, 4.69) is 4.72 Å².